The zero-order chi connectivity index (χ0) is 22.8. The maximum atomic E-state index is 13.2. The Kier molecular flexibility index (Phi) is 5.62. The quantitative estimate of drug-likeness (QED) is 0.332. The van der Waals surface area contributed by atoms with E-state index in [-0.39, 0.29) is 11.8 Å². The van der Waals surface area contributed by atoms with Crippen LogP contribution < -0.4 is 10.6 Å². The Balaban J connectivity index is 1.38. The average molecular weight is 455 g/mol. The molecule has 3 aromatic carbocycles. The van der Waals surface area contributed by atoms with Crippen molar-refractivity contribution in [1.29, 1.82) is 0 Å². The standard InChI is InChI=1S/C26H22N4O2S/c1-16(31)28-23(14-18-15-27-21-10-3-2-9-20(18)21)25(32)29-19-8-6-7-17(13-19)26-30-22-11-4-5-12-24(22)33-26/h2-13,15,23,27H,14H2,1H3,(H,28,31)(H,29,32). The third-order valence-corrected chi connectivity index (χ3v) is 6.55. The van der Waals surface area contributed by atoms with Crippen LogP contribution >= 0.6 is 11.3 Å². The molecule has 2 aromatic heterocycles. The predicted octanol–water partition coefficient (Wildman–Crippen LogP) is 5.13. The van der Waals surface area contributed by atoms with Crippen molar-refractivity contribution in [2.24, 2.45) is 0 Å². The van der Waals surface area contributed by atoms with Gasteiger partial charge in [0.2, 0.25) is 11.8 Å². The number of rotatable bonds is 6. The van der Waals surface area contributed by atoms with Crippen LogP contribution in [0.1, 0.15) is 12.5 Å². The van der Waals surface area contributed by atoms with Crippen molar-refractivity contribution in [2.75, 3.05) is 5.32 Å². The molecule has 33 heavy (non-hydrogen) atoms. The fourth-order valence-electron chi connectivity index (χ4n) is 3.93. The van der Waals surface area contributed by atoms with Gasteiger partial charge in [0.05, 0.1) is 10.2 Å². The summed E-state index contributed by atoms with van der Waals surface area (Å²) in [7, 11) is 0. The van der Waals surface area contributed by atoms with Gasteiger partial charge in [-0.2, -0.15) is 0 Å². The summed E-state index contributed by atoms with van der Waals surface area (Å²) in [5.41, 5.74) is 4.52. The third kappa shape index (κ3) is 4.49. The predicted molar refractivity (Wildman–Crippen MR) is 133 cm³/mol. The molecule has 0 saturated heterocycles. The summed E-state index contributed by atoms with van der Waals surface area (Å²) in [6, 6.07) is 22.8. The molecule has 1 unspecified atom stereocenters. The molecule has 164 valence electrons. The van der Waals surface area contributed by atoms with Crippen molar-refractivity contribution in [1.82, 2.24) is 15.3 Å². The summed E-state index contributed by atoms with van der Waals surface area (Å²) in [6.45, 7) is 1.42. The number of carbonyl (C=O) groups excluding carboxylic acids is 2. The molecule has 0 fully saturated rings. The molecule has 7 heteroatoms. The fraction of sp³-hybridized carbons (Fsp3) is 0.115. The van der Waals surface area contributed by atoms with Gasteiger partial charge in [-0.05, 0) is 35.9 Å². The highest BCUT2D eigenvalue weighted by Gasteiger charge is 2.22. The van der Waals surface area contributed by atoms with Crippen LogP contribution in [0.5, 0.6) is 0 Å². The number of thiazole rings is 1. The Bertz CT molecular complexity index is 1440. The lowest BCUT2D eigenvalue weighted by Crippen LogP contribution is -2.44. The summed E-state index contributed by atoms with van der Waals surface area (Å²) in [5, 5.41) is 7.69. The molecule has 1 atom stereocenters. The third-order valence-electron chi connectivity index (χ3n) is 5.46. The summed E-state index contributed by atoms with van der Waals surface area (Å²) >= 11 is 1.61. The summed E-state index contributed by atoms with van der Waals surface area (Å²) < 4.78 is 1.12. The van der Waals surface area contributed by atoms with Gasteiger partial charge in [0.1, 0.15) is 11.0 Å². The van der Waals surface area contributed by atoms with Crippen LogP contribution in [-0.2, 0) is 16.0 Å². The number of fused-ring (bicyclic) bond motifs is 2. The largest absolute Gasteiger partial charge is 0.361 e. The van der Waals surface area contributed by atoms with E-state index in [2.05, 4.69) is 15.6 Å². The number of H-pyrrole nitrogens is 1. The molecule has 0 saturated carbocycles. The molecule has 0 aliphatic heterocycles. The molecule has 0 bridgehead atoms. The maximum Gasteiger partial charge on any atom is 0.247 e. The van der Waals surface area contributed by atoms with E-state index in [9.17, 15) is 9.59 Å². The number of nitrogens with zero attached hydrogens (tertiary/aromatic N) is 1. The number of benzene rings is 3. The summed E-state index contributed by atoms with van der Waals surface area (Å²) in [5.74, 6) is -0.518. The lowest BCUT2D eigenvalue weighted by atomic mass is 10.0. The van der Waals surface area contributed by atoms with E-state index in [0.717, 1.165) is 37.3 Å². The van der Waals surface area contributed by atoms with Crippen LogP contribution in [0.4, 0.5) is 5.69 Å². The Hall–Kier alpha value is -3.97. The van der Waals surface area contributed by atoms with Crippen molar-refractivity contribution in [2.45, 2.75) is 19.4 Å². The first-order valence-corrected chi connectivity index (χ1v) is 11.5. The van der Waals surface area contributed by atoms with Crippen LogP contribution in [0.25, 0.3) is 31.7 Å². The molecular weight excluding hydrogens is 432 g/mol. The summed E-state index contributed by atoms with van der Waals surface area (Å²) in [4.78, 5) is 32.9. The van der Waals surface area contributed by atoms with Gasteiger partial charge in [-0.25, -0.2) is 4.98 Å². The Labute approximate surface area is 194 Å². The Morgan fingerprint density at radius 3 is 2.70 bits per heavy atom. The SMILES string of the molecule is CC(=O)NC(Cc1c[nH]c2ccccc12)C(=O)Nc1cccc(-c2nc3ccccc3s2)c1. The zero-order valence-corrected chi connectivity index (χ0v) is 18.8. The Morgan fingerprint density at radius 1 is 1.03 bits per heavy atom. The molecular formula is C26H22N4O2S. The number of amides is 2. The van der Waals surface area contributed by atoms with Gasteiger partial charge in [0, 0.05) is 41.7 Å². The highest BCUT2D eigenvalue weighted by molar-refractivity contribution is 7.21. The maximum absolute atomic E-state index is 13.2. The van der Waals surface area contributed by atoms with Crippen molar-refractivity contribution < 1.29 is 9.59 Å². The molecule has 2 amide bonds. The number of aromatic nitrogens is 2. The minimum absolute atomic E-state index is 0.252. The van der Waals surface area contributed by atoms with E-state index in [1.807, 2.05) is 79.0 Å². The van der Waals surface area contributed by atoms with Gasteiger partial charge < -0.3 is 15.6 Å². The normalized spacial score (nSPS) is 12.0. The number of para-hydroxylation sites is 2. The van der Waals surface area contributed by atoms with Crippen molar-refractivity contribution in [3.8, 4) is 10.6 Å². The molecule has 5 aromatic rings. The number of carbonyl (C=O) groups is 2. The minimum Gasteiger partial charge on any atom is -0.361 e. The van der Waals surface area contributed by atoms with Gasteiger partial charge in [0.15, 0.2) is 0 Å². The average Bonchev–Trinajstić information content (AvgIpc) is 3.43. The number of anilines is 1. The molecule has 0 aliphatic rings. The van der Waals surface area contributed by atoms with E-state index < -0.39 is 6.04 Å². The number of hydrogen-bond donors (Lipinski definition) is 3. The second kappa shape index (κ2) is 8.88. The molecule has 0 aliphatic carbocycles. The van der Waals surface area contributed by atoms with E-state index in [1.54, 1.807) is 11.3 Å². The van der Waals surface area contributed by atoms with Gasteiger partial charge in [-0.1, -0.05) is 42.5 Å². The second-order valence-electron chi connectivity index (χ2n) is 7.87. The van der Waals surface area contributed by atoms with Gasteiger partial charge >= 0.3 is 0 Å². The molecule has 0 spiro atoms. The van der Waals surface area contributed by atoms with Crippen molar-refractivity contribution in [3.05, 3.63) is 84.6 Å². The number of aromatic amines is 1. The van der Waals surface area contributed by atoms with Crippen LogP contribution in [0.3, 0.4) is 0 Å². The molecule has 6 nitrogen and oxygen atoms in total. The Morgan fingerprint density at radius 2 is 1.85 bits per heavy atom. The van der Waals surface area contributed by atoms with Crippen LogP contribution in [0.15, 0.2) is 79.0 Å². The first kappa shape index (κ1) is 20.9. The lowest BCUT2D eigenvalue weighted by Gasteiger charge is -2.18. The highest BCUT2D eigenvalue weighted by atomic mass is 32.1. The second-order valence-corrected chi connectivity index (χ2v) is 8.90. The topological polar surface area (TPSA) is 86.9 Å². The molecule has 2 heterocycles. The van der Waals surface area contributed by atoms with Crippen LogP contribution in [-0.4, -0.2) is 27.8 Å². The molecule has 0 radical (unpaired) electrons. The van der Waals surface area contributed by atoms with E-state index in [1.165, 1.54) is 6.92 Å². The van der Waals surface area contributed by atoms with E-state index in [0.29, 0.717) is 12.1 Å². The molecule has 3 N–H and O–H groups in total. The smallest absolute Gasteiger partial charge is 0.247 e. The molecule has 5 rings (SSSR count). The first-order chi connectivity index (χ1) is 16.1. The van der Waals surface area contributed by atoms with Gasteiger partial charge in [0.25, 0.3) is 0 Å². The van der Waals surface area contributed by atoms with E-state index >= 15 is 0 Å². The lowest BCUT2D eigenvalue weighted by molar-refractivity contribution is -0.125. The first-order valence-electron chi connectivity index (χ1n) is 10.7. The van der Waals surface area contributed by atoms with Crippen LogP contribution in [0.2, 0.25) is 0 Å². The van der Waals surface area contributed by atoms with Crippen molar-refractivity contribution in [3.63, 3.8) is 0 Å². The minimum atomic E-state index is -0.701. The van der Waals surface area contributed by atoms with Gasteiger partial charge in [-0.15, -0.1) is 11.3 Å². The van der Waals surface area contributed by atoms with E-state index in [4.69, 9.17) is 4.98 Å². The zero-order valence-electron chi connectivity index (χ0n) is 18.0. The van der Waals surface area contributed by atoms with Gasteiger partial charge in [-0.3, -0.25) is 9.59 Å². The number of hydrogen-bond acceptors (Lipinski definition) is 4. The summed E-state index contributed by atoms with van der Waals surface area (Å²) in [6.07, 6.45) is 2.27. The number of nitrogens with one attached hydrogen (secondary N) is 3. The fourth-order valence-corrected chi connectivity index (χ4v) is 4.89. The van der Waals surface area contributed by atoms with Crippen molar-refractivity contribution >= 4 is 50.0 Å². The van der Waals surface area contributed by atoms with Crippen LogP contribution in [0, 0.1) is 0 Å². The highest BCUT2D eigenvalue weighted by Crippen LogP contribution is 2.31. The monoisotopic (exact) mass is 454 g/mol.